The predicted molar refractivity (Wildman–Crippen MR) is 91.4 cm³/mol. The topological polar surface area (TPSA) is 66.9 Å². The van der Waals surface area contributed by atoms with E-state index >= 15 is 0 Å². The number of rotatable bonds is 4. The van der Waals surface area contributed by atoms with Gasteiger partial charge < -0.3 is 4.74 Å². The van der Waals surface area contributed by atoms with Crippen LogP contribution in [0.25, 0.3) is 10.9 Å². The van der Waals surface area contributed by atoms with Crippen LogP contribution in [-0.2, 0) is 11.3 Å². The number of aromatic amines is 1. The number of aryl methyl sites for hydroxylation is 1. The van der Waals surface area contributed by atoms with Crippen LogP contribution in [-0.4, -0.2) is 44.8 Å². The zero-order valence-electron chi connectivity index (χ0n) is 13.9. The quantitative estimate of drug-likeness (QED) is 0.799. The van der Waals surface area contributed by atoms with Crippen LogP contribution in [0.5, 0.6) is 0 Å². The van der Waals surface area contributed by atoms with Crippen molar-refractivity contribution in [3.63, 3.8) is 0 Å². The van der Waals surface area contributed by atoms with E-state index in [0.29, 0.717) is 0 Å². The van der Waals surface area contributed by atoms with Crippen LogP contribution in [0.15, 0.2) is 36.7 Å². The van der Waals surface area contributed by atoms with E-state index in [1.165, 1.54) is 10.9 Å². The number of H-pyrrole nitrogens is 1. The number of fused-ring (bicyclic) bond motifs is 1. The predicted octanol–water partition coefficient (Wildman–Crippen LogP) is 2.62. The lowest BCUT2D eigenvalue weighted by Gasteiger charge is -2.23. The molecule has 1 N–H and O–H groups in total. The van der Waals surface area contributed by atoms with E-state index < -0.39 is 0 Å². The summed E-state index contributed by atoms with van der Waals surface area (Å²) in [5, 5.41) is 8.24. The third kappa shape index (κ3) is 2.79. The second-order valence-corrected chi connectivity index (χ2v) is 6.35. The number of likely N-dealkylation sites (tertiary alicyclic amines) is 1. The minimum atomic E-state index is 0.199. The maximum atomic E-state index is 5.60. The van der Waals surface area contributed by atoms with E-state index in [1.54, 1.807) is 13.4 Å². The Labute approximate surface area is 140 Å². The van der Waals surface area contributed by atoms with Crippen LogP contribution < -0.4 is 0 Å². The van der Waals surface area contributed by atoms with Gasteiger partial charge in [0.1, 0.15) is 12.2 Å². The maximum absolute atomic E-state index is 5.60. The number of benzene rings is 1. The highest BCUT2D eigenvalue weighted by molar-refractivity contribution is 5.82. The van der Waals surface area contributed by atoms with Gasteiger partial charge in [0.05, 0.1) is 17.7 Å². The molecule has 1 aliphatic heterocycles. The molecule has 0 unspecified atom stereocenters. The van der Waals surface area contributed by atoms with Crippen molar-refractivity contribution in [3.8, 4) is 0 Å². The van der Waals surface area contributed by atoms with Gasteiger partial charge in [0.25, 0.3) is 0 Å². The third-order valence-corrected chi connectivity index (χ3v) is 4.75. The fourth-order valence-electron chi connectivity index (χ4n) is 3.61. The minimum absolute atomic E-state index is 0.199. The van der Waals surface area contributed by atoms with E-state index in [2.05, 4.69) is 49.3 Å². The first-order valence-corrected chi connectivity index (χ1v) is 8.22. The lowest BCUT2D eigenvalue weighted by Crippen LogP contribution is -2.25. The summed E-state index contributed by atoms with van der Waals surface area (Å²) >= 11 is 0. The molecule has 6 nitrogen and oxygen atoms in total. The first-order valence-electron chi connectivity index (χ1n) is 8.22. The molecule has 0 amide bonds. The number of methoxy groups -OCH3 is 1. The first-order chi connectivity index (χ1) is 11.7. The van der Waals surface area contributed by atoms with Gasteiger partial charge in [-0.3, -0.25) is 15.0 Å². The highest BCUT2D eigenvalue weighted by Crippen LogP contribution is 2.33. The van der Waals surface area contributed by atoms with Gasteiger partial charge in [0.2, 0.25) is 0 Å². The minimum Gasteiger partial charge on any atom is -0.380 e. The molecule has 1 aliphatic rings. The van der Waals surface area contributed by atoms with E-state index in [4.69, 9.17) is 4.74 Å². The fourth-order valence-corrected chi connectivity index (χ4v) is 3.61. The Morgan fingerprint density at radius 1 is 1.33 bits per heavy atom. The van der Waals surface area contributed by atoms with Crippen molar-refractivity contribution in [1.29, 1.82) is 0 Å². The monoisotopic (exact) mass is 323 g/mol. The van der Waals surface area contributed by atoms with E-state index in [-0.39, 0.29) is 12.1 Å². The van der Waals surface area contributed by atoms with E-state index in [0.717, 1.165) is 36.5 Å². The Morgan fingerprint density at radius 2 is 2.21 bits per heavy atom. The Kier molecular flexibility index (Phi) is 4.00. The van der Waals surface area contributed by atoms with Gasteiger partial charge >= 0.3 is 0 Å². The Hall–Kier alpha value is -2.31. The maximum Gasteiger partial charge on any atom is 0.141 e. The van der Waals surface area contributed by atoms with Gasteiger partial charge in [-0.1, -0.05) is 18.2 Å². The highest BCUT2D eigenvalue weighted by Gasteiger charge is 2.35. The molecule has 3 heterocycles. The second-order valence-electron chi connectivity index (χ2n) is 6.35. The van der Waals surface area contributed by atoms with Crippen molar-refractivity contribution in [2.45, 2.75) is 32.0 Å². The van der Waals surface area contributed by atoms with Gasteiger partial charge in [-0.25, -0.2) is 4.98 Å². The fraction of sp³-hybridized carbons (Fsp3) is 0.389. The number of hydrogen-bond acceptors (Lipinski definition) is 5. The Morgan fingerprint density at radius 3 is 3.00 bits per heavy atom. The van der Waals surface area contributed by atoms with Gasteiger partial charge in [0, 0.05) is 31.3 Å². The number of ether oxygens (including phenoxy) is 1. The second kappa shape index (κ2) is 6.30. The Balaban J connectivity index is 1.68. The number of para-hydroxylation sites is 1. The molecule has 1 aromatic carbocycles. The van der Waals surface area contributed by atoms with Crippen molar-refractivity contribution in [3.05, 3.63) is 53.7 Å². The molecule has 2 atom stereocenters. The van der Waals surface area contributed by atoms with Crippen LogP contribution in [0.2, 0.25) is 0 Å². The molecule has 0 bridgehead atoms. The van der Waals surface area contributed by atoms with Gasteiger partial charge in [-0.2, -0.15) is 5.10 Å². The van der Waals surface area contributed by atoms with Crippen molar-refractivity contribution in [1.82, 2.24) is 25.1 Å². The smallest absolute Gasteiger partial charge is 0.141 e. The summed E-state index contributed by atoms with van der Waals surface area (Å²) in [5.41, 5.74) is 3.38. The lowest BCUT2D eigenvalue weighted by atomic mass is 10.1. The average molecular weight is 323 g/mol. The summed E-state index contributed by atoms with van der Waals surface area (Å²) in [7, 11) is 1.78. The standard InChI is InChI=1S/C18H21N5O/c1-12-7-13(15-5-3-4-6-16(15)21-12)9-23-10-14(24-2)8-17(23)18-19-11-20-22-18/h3-7,11,14,17H,8-10H2,1-2H3,(H,19,20,22)/t14-,17+/m1/s1. The number of aromatic nitrogens is 4. The molecule has 3 aromatic rings. The molecule has 124 valence electrons. The molecule has 0 aliphatic carbocycles. The van der Waals surface area contributed by atoms with E-state index in [1.807, 2.05) is 13.0 Å². The lowest BCUT2D eigenvalue weighted by molar-refractivity contribution is 0.107. The number of pyridine rings is 1. The molecule has 0 saturated carbocycles. The molecule has 2 aromatic heterocycles. The number of nitrogens with one attached hydrogen (secondary N) is 1. The molecule has 4 rings (SSSR count). The van der Waals surface area contributed by atoms with Crippen molar-refractivity contribution in [2.75, 3.05) is 13.7 Å². The van der Waals surface area contributed by atoms with Crippen LogP contribution in [0.1, 0.15) is 29.5 Å². The average Bonchev–Trinajstić information content (AvgIpc) is 3.23. The molecule has 1 saturated heterocycles. The number of hydrogen-bond donors (Lipinski definition) is 1. The summed E-state index contributed by atoms with van der Waals surface area (Å²) in [4.78, 5) is 11.4. The zero-order valence-corrected chi connectivity index (χ0v) is 13.9. The van der Waals surface area contributed by atoms with Crippen LogP contribution in [0, 0.1) is 6.92 Å². The highest BCUT2D eigenvalue weighted by atomic mass is 16.5. The molecule has 0 radical (unpaired) electrons. The largest absolute Gasteiger partial charge is 0.380 e. The normalized spacial score (nSPS) is 21.6. The van der Waals surface area contributed by atoms with Crippen LogP contribution in [0.3, 0.4) is 0 Å². The van der Waals surface area contributed by atoms with Crippen molar-refractivity contribution < 1.29 is 4.74 Å². The van der Waals surface area contributed by atoms with Gasteiger partial charge in [-0.15, -0.1) is 0 Å². The van der Waals surface area contributed by atoms with Crippen molar-refractivity contribution in [2.24, 2.45) is 0 Å². The van der Waals surface area contributed by atoms with Crippen molar-refractivity contribution >= 4 is 10.9 Å². The molecule has 0 spiro atoms. The number of nitrogens with zero attached hydrogens (tertiary/aromatic N) is 4. The van der Waals surface area contributed by atoms with E-state index in [9.17, 15) is 0 Å². The van der Waals surface area contributed by atoms with Crippen LogP contribution >= 0.6 is 0 Å². The zero-order chi connectivity index (χ0) is 16.5. The third-order valence-electron chi connectivity index (χ3n) is 4.75. The van der Waals surface area contributed by atoms with Gasteiger partial charge in [0.15, 0.2) is 0 Å². The summed E-state index contributed by atoms with van der Waals surface area (Å²) in [5.74, 6) is 0.907. The van der Waals surface area contributed by atoms with Gasteiger partial charge in [-0.05, 0) is 31.0 Å². The SMILES string of the molecule is CO[C@@H]1C[C@@H](c2ncn[nH]2)N(Cc2cc(C)nc3ccccc23)C1. The summed E-state index contributed by atoms with van der Waals surface area (Å²) in [6.45, 7) is 3.78. The summed E-state index contributed by atoms with van der Waals surface area (Å²) < 4.78 is 5.60. The Bertz CT molecular complexity index is 833. The summed E-state index contributed by atoms with van der Waals surface area (Å²) in [6, 6.07) is 10.7. The van der Waals surface area contributed by atoms with Crippen LogP contribution in [0.4, 0.5) is 0 Å². The summed E-state index contributed by atoms with van der Waals surface area (Å²) in [6.07, 6.45) is 2.71. The first kappa shape index (κ1) is 15.2. The molecular weight excluding hydrogens is 302 g/mol. The molecule has 1 fully saturated rings. The molecule has 24 heavy (non-hydrogen) atoms. The molecule has 6 heteroatoms. The molecular formula is C18H21N5O.